The maximum absolute atomic E-state index is 13.3. The average molecular weight is 344 g/mol. The van der Waals surface area contributed by atoms with E-state index in [0.29, 0.717) is 20.9 Å². The Morgan fingerprint density at radius 1 is 1.26 bits per heavy atom. The Balaban J connectivity index is 2.25. The molecular weight excluding hydrogens is 335 g/mol. The summed E-state index contributed by atoms with van der Waals surface area (Å²) in [5, 5.41) is 2.94. The summed E-state index contributed by atoms with van der Waals surface area (Å²) in [7, 11) is 0. The van der Waals surface area contributed by atoms with Crippen molar-refractivity contribution < 1.29 is 9.18 Å². The van der Waals surface area contributed by atoms with Gasteiger partial charge in [-0.1, -0.05) is 11.6 Å². The second-order valence-corrected chi connectivity index (χ2v) is 5.08. The summed E-state index contributed by atoms with van der Waals surface area (Å²) < 4.78 is 13.6. The van der Waals surface area contributed by atoms with E-state index in [0.717, 1.165) is 6.07 Å². The zero-order valence-corrected chi connectivity index (χ0v) is 11.9. The molecule has 19 heavy (non-hydrogen) atoms. The largest absolute Gasteiger partial charge is 0.399 e. The topological polar surface area (TPSA) is 55.1 Å². The number of hydrogen-bond donors (Lipinski definition) is 2. The Morgan fingerprint density at radius 3 is 2.68 bits per heavy atom. The van der Waals surface area contributed by atoms with Crippen molar-refractivity contribution in [2.75, 3.05) is 11.1 Å². The smallest absolute Gasteiger partial charge is 0.255 e. The van der Waals surface area contributed by atoms with Crippen LogP contribution >= 0.6 is 27.5 Å². The van der Waals surface area contributed by atoms with Gasteiger partial charge in [-0.3, -0.25) is 4.79 Å². The summed E-state index contributed by atoms with van der Waals surface area (Å²) in [5.74, 6) is -0.967. The number of halogens is 3. The zero-order valence-electron chi connectivity index (χ0n) is 9.58. The Morgan fingerprint density at radius 2 is 2.00 bits per heavy atom. The molecule has 0 radical (unpaired) electrons. The highest BCUT2D eigenvalue weighted by Gasteiger charge is 2.11. The molecular formula is C13H9BrClFN2O. The van der Waals surface area contributed by atoms with Crippen molar-refractivity contribution in [3.05, 3.63) is 57.3 Å². The van der Waals surface area contributed by atoms with Crippen LogP contribution in [0.2, 0.25) is 5.02 Å². The van der Waals surface area contributed by atoms with Crippen LogP contribution in [0.3, 0.4) is 0 Å². The molecule has 1 amide bonds. The predicted octanol–water partition coefficient (Wildman–Crippen LogP) is 4.08. The maximum Gasteiger partial charge on any atom is 0.255 e. The molecule has 6 heteroatoms. The molecule has 0 fully saturated rings. The molecule has 3 N–H and O–H groups in total. The summed E-state index contributed by atoms with van der Waals surface area (Å²) in [6, 6.07) is 8.84. The third-order valence-corrected chi connectivity index (χ3v) is 3.39. The first-order valence-electron chi connectivity index (χ1n) is 5.29. The van der Waals surface area contributed by atoms with E-state index in [4.69, 9.17) is 17.3 Å². The van der Waals surface area contributed by atoms with E-state index in [-0.39, 0.29) is 5.56 Å². The minimum Gasteiger partial charge on any atom is -0.399 e. The van der Waals surface area contributed by atoms with Crippen LogP contribution < -0.4 is 11.1 Å². The number of benzene rings is 2. The summed E-state index contributed by atoms with van der Waals surface area (Å²) in [6.07, 6.45) is 0. The van der Waals surface area contributed by atoms with Gasteiger partial charge >= 0.3 is 0 Å². The molecule has 2 rings (SSSR count). The summed E-state index contributed by atoms with van der Waals surface area (Å²) in [6.45, 7) is 0. The predicted molar refractivity (Wildman–Crippen MR) is 77.9 cm³/mol. The van der Waals surface area contributed by atoms with Gasteiger partial charge in [-0.25, -0.2) is 4.39 Å². The van der Waals surface area contributed by atoms with E-state index < -0.39 is 11.7 Å². The van der Waals surface area contributed by atoms with E-state index in [9.17, 15) is 9.18 Å². The van der Waals surface area contributed by atoms with Gasteiger partial charge in [-0.05, 0) is 52.3 Å². The number of carbonyl (C=O) groups excluding carboxylic acids is 1. The second kappa shape index (κ2) is 5.59. The van der Waals surface area contributed by atoms with Crippen molar-refractivity contribution in [2.24, 2.45) is 0 Å². The summed E-state index contributed by atoms with van der Waals surface area (Å²) in [5.41, 5.74) is 6.66. The SMILES string of the molecule is Nc1ccc(Cl)c(NC(=O)c2ccc(Br)c(F)c2)c1. The fraction of sp³-hybridized carbons (Fsp3) is 0. The van der Waals surface area contributed by atoms with E-state index in [2.05, 4.69) is 21.2 Å². The molecule has 0 atom stereocenters. The van der Waals surface area contributed by atoms with E-state index in [1.54, 1.807) is 12.1 Å². The van der Waals surface area contributed by atoms with Crippen LogP contribution in [-0.4, -0.2) is 5.91 Å². The average Bonchev–Trinajstić information content (AvgIpc) is 2.37. The van der Waals surface area contributed by atoms with Gasteiger partial charge in [0, 0.05) is 11.3 Å². The molecule has 0 saturated carbocycles. The number of nitrogens with two attached hydrogens (primary N) is 1. The number of rotatable bonds is 2. The number of hydrogen-bond acceptors (Lipinski definition) is 2. The maximum atomic E-state index is 13.3. The van der Waals surface area contributed by atoms with Gasteiger partial charge in [0.25, 0.3) is 5.91 Å². The first-order chi connectivity index (χ1) is 8.97. The molecule has 2 aromatic rings. The highest BCUT2D eigenvalue weighted by molar-refractivity contribution is 9.10. The van der Waals surface area contributed by atoms with Crippen molar-refractivity contribution in [2.45, 2.75) is 0 Å². The van der Waals surface area contributed by atoms with Crippen molar-refractivity contribution in [1.29, 1.82) is 0 Å². The van der Waals surface area contributed by atoms with Crippen molar-refractivity contribution in [3.8, 4) is 0 Å². The molecule has 0 aromatic heterocycles. The fourth-order valence-electron chi connectivity index (χ4n) is 1.47. The lowest BCUT2D eigenvalue weighted by atomic mass is 10.2. The third-order valence-electron chi connectivity index (χ3n) is 2.42. The van der Waals surface area contributed by atoms with Gasteiger partial charge in [-0.2, -0.15) is 0 Å². The lowest BCUT2D eigenvalue weighted by Crippen LogP contribution is -2.12. The number of carbonyl (C=O) groups is 1. The van der Waals surface area contributed by atoms with Crippen molar-refractivity contribution in [1.82, 2.24) is 0 Å². The first-order valence-corrected chi connectivity index (χ1v) is 6.46. The molecule has 2 aromatic carbocycles. The minimum absolute atomic E-state index is 0.194. The fourth-order valence-corrected chi connectivity index (χ4v) is 1.88. The monoisotopic (exact) mass is 342 g/mol. The van der Waals surface area contributed by atoms with E-state index >= 15 is 0 Å². The van der Waals surface area contributed by atoms with Gasteiger partial charge in [0.1, 0.15) is 5.82 Å². The van der Waals surface area contributed by atoms with Crippen LogP contribution in [0.25, 0.3) is 0 Å². The Bertz CT molecular complexity index is 649. The molecule has 0 aliphatic rings. The van der Waals surface area contributed by atoms with Gasteiger partial charge in [0.15, 0.2) is 0 Å². The molecule has 98 valence electrons. The van der Waals surface area contributed by atoms with Crippen LogP contribution in [0.15, 0.2) is 40.9 Å². The van der Waals surface area contributed by atoms with Crippen molar-refractivity contribution >= 4 is 44.8 Å². The van der Waals surface area contributed by atoms with Crippen LogP contribution in [0.4, 0.5) is 15.8 Å². The Hall–Kier alpha value is -1.59. The third kappa shape index (κ3) is 3.24. The molecule has 0 saturated heterocycles. The highest BCUT2D eigenvalue weighted by atomic mass is 79.9. The number of amides is 1. The molecule has 0 bridgehead atoms. The van der Waals surface area contributed by atoms with Crippen LogP contribution in [0.1, 0.15) is 10.4 Å². The van der Waals surface area contributed by atoms with Crippen LogP contribution in [0, 0.1) is 5.82 Å². The zero-order chi connectivity index (χ0) is 14.0. The lowest BCUT2D eigenvalue weighted by Gasteiger charge is -2.08. The molecule has 3 nitrogen and oxygen atoms in total. The quantitative estimate of drug-likeness (QED) is 0.807. The lowest BCUT2D eigenvalue weighted by molar-refractivity contribution is 0.102. The molecule has 0 spiro atoms. The number of nitrogens with one attached hydrogen (secondary N) is 1. The molecule has 0 unspecified atom stereocenters. The molecule has 0 aliphatic carbocycles. The summed E-state index contributed by atoms with van der Waals surface area (Å²) >= 11 is 8.95. The Labute approximate surface area is 122 Å². The highest BCUT2D eigenvalue weighted by Crippen LogP contribution is 2.25. The van der Waals surface area contributed by atoms with E-state index in [1.807, 2.05) is 0 Å². The molecule has 0 aliphatic heterocycles. The number of nitrogen functional groups attached to an aromatic ring is 1. The normalized spacial score (nSPS) is 10.3. The Kier molecular flexibility index (Phi) is 4.07. The minimum atomic E-state index is -0.508. The van der Waals surface area contributed by atoms with Crippen molar-refractivity contribution in [3.63, 3.8) is 0 Å². The van der Waals surface area contributed by atoms with Gasteiger partial charge < -0.3 is 11.1 Å². The number of anilines is 2. The second-order valence-electron chi connectivity index (χ2n) is 3.82. The summed E-state index contributed by atoms with van der Waals surface area (Å²) in [4.78, 5) is 11.9. The van der Waals surface area contributed by atoms with Gasteiger partial charge in [-0.15, -0.1) is 0 Å². The van der Waals surface area contributed by atoms with Gasteiger partial charge in [0.05, 0.1) is 15.2 Å². The van der Waals surface area contributed by atoms with E-state index in [1.165, 1.54) is 18.2 Å². The van der Waals surface area contributed by atoms with Crippen LogP contribution in [-0.2, 0) is 0 Å². The van der Waals surface area contributed by atoms with Crippen LogP contribution in [0.5, 0.6) is 0 Å². The standard InChI is InChI=1S/C13H9BrClFN2O/c14-9-3-1-7(5-11(9)16)13(19)18-12-6-8(17)2-4-10(12)15/h1-6H,17H2,(H,18,19). The van der Waals surface area contributed by atoms with Gasteiger partial charge in [0.2, 0.25) is 0 Å². The first kappa shape index (κ1) is 13.8. The molecule has 0 heterocycles.